The summed E-state index contributed by atoms with van der Waals surface area (Å²) >= 11 is 0. The van der Waals surface area contributed by atoms with Crippen molar-refractivity contribution in [2.75, 3.05) is 13.3 Å². The highest BCUT2D eigenvalue weighted by atomic mass is 19.1. The van der Waals surface area contributed by atoms with Gasteiger partial charge in [0.2, 0.25) is 0 Å². The summed E-state index contributed by atoms with van der Waals surface area (Å²) in [4.78, 5) is 71.0. The van der Waals surface area contributed by atoms with Crippen LogP contribution in [0, 0.1) is 0 Å². The van der Waals surface area contributed by atoms with Crippen molar-refractivity contribution in [1.82, 2.24) is 0 Å². The maximum Gasteiger partial charge on any atom is 0.303 e. The summed E-state index contributed by atoms with van der Waals surface area (Å²) in [6, 6.07) is 0. The van der Waals surface area contributed by atoms with Gasteiger partial charge in [-0.2, -0.15) is 0 Å². The molecule has 41 heavy (non-hydrogen) atoms. The summed E-state index contributed by atoms with van der Waals surface area (Å²) < 4.78 is 62.2. The maximum atomic E-state index is 14.2. The molecule has 0 aromatic heterocycles. The van der Waals surface area contributed by atoms with Gasteiger partial charge in [-0.1, -0.05) is 0 Å². The molecule has 0 saturated carbocycles. The van der Waals surface area contributed by atoms with Gasteiger partial charge in [0.15, 0.2) is 43.1 Å². The number of ether oxygens (including phenoxy) is 9. The molecular weight excluding hydrogens is 563 g/mol. The van der Waals surface area contributed by atoms with Gasteiger partial charge in [-0.15, -0.1) is 0 Å². The Hall–Kier alpha value is -3.41. The second kappa shape index (κ2) is 15.0. The molecule has 0 aromatic carbocycles. The van der Waals surface area contributed by atoms with Crippen LogP contribution in [0.2, 0.25) is 0 Å². The topological polar surface area (TPSA) is 206 Å². The van der Waals surface area contributed by atoms with Crippen LogP contribution in [-0.4, -0.2) is 116 Å². The zero-order valence-electron chi connectivity index (χ0n) is 23.1. The minimum Gasteiger partial charge on any atom is -0.463 e. The van der Waals surface area contributed by atoms with Crippen molar-refractivity contribution < 1.29 is 80.9 Å². The number of halogens is 1. The molecule has 10 atom stereocenters. The maximum absolute atomic E-state index is 14.2. The first-order chi connectivity index (χ1) is 19.1. The molecule has 0 bridgehead atoms. The van der Waals surface area contributed by atoms with Crippen LogP contribution in [0.15, 0.2) is 0 Å². The highest BCUT2D eigenvalue weighted by Gasteiger charge is 2.57. The standard InChI is InChI=1S/C24H33FO16/c1-9(26)33-8-16-18(19(35-11(3)28)21(23(32)39-16)37-13(5)30)41-24-22(38-14(6)31)20(36-12(4)29)17(34-10(2)27)15(7-25)40-24/h15-24,32H,7-8H2,1-6H3/t15-,16-,17+,18+,19+,20+,21-,22-,23+,24+/m1/s1. The van der Waals surface area contributed by atoms with Crippen LogP contribution < -0.4 is 0 Å². The summed E-state index contributed by atoms with van der Waals surface area (Å²) in [5.74, 6) is -5.36. The first kappa shape index (κ1) is 33.8. The first-order valence-electron chi connectivity index (χ1n) is 12.3. The molecule has 2 rings (SSSR count). The molecule has 0 unspecified atom stereocenters. The van der Waals surface area contributed by atoms with Crippen LogP contribution in [0.5, 0.6) is 0 Å². The van der Waals surface area contributed by atoms with E-state index in [1.807, 2.05) is 0 Å². The van der Waals surface area contributed by atoms with E-state index in [1.165, 1.54) is 0 Å². The van der Waals surface area contributed by atoms with Gasteiger partial charge in [-0.3, -0.25) is 28.8 Å². The molecule has 0 aromatic rings. The quantitative estimate of drug-likeness (QED) is 0.237. The van der Waals surface area contributed by atoms with Crippen LogP contribution in [0.1, 0.15) is 41.5 Å². The highest BCUT2D eigenvalue weighted by Crippen LogP contribution is 2.34. The van der Waals surface area contributed by atoms with E-state index in [0.29, 0.717) is 0 Å². The van der Waals surface area contributed by atoms with E-state index in [-0.39, 0.29) is 0 Å². The Bertz CT molecular complexity index is 987. The fourth-order valence-electron chi connectivity index (χ4n) is 4.28. The fourth-order valence-corrected chi connectivity index (χ4v) is 4.28. The van der Waals surface area contributed by atoms with Crippen LogP contribution in [0.3, 0.4) is 0 Å². The molecule has 2 fully saturated rings. The van der Waals surface area contributed by atoms with Gasteiger partial charge in [0.05, 0.1) is 0 Å². The molecule has 16 nitrogen and oxygen atoms in total. The number of esters is 6. The summed E-state index contributed by atoms with van der Waals surface area (Å²) in [6.07, 6.45) is -16.7. The molecule has 2 heterocycles. The van der Waals surface area contributed by atoms with Gasteiger partial charge in [0.1, 0.15) is 31.6 Å². The SMILES string of the molecule is CC(=O)OC[C@H]1O[C@H](O)[C@H](OC(C)=O)[C@@H](OC(C)=O)[C@H]1O[C@@H]1O[C@H](CF)[C@H](OC(C)=O)[C@H](OC(C)=O)[C@H]1OC(C)=O. The highest BCUT2D eigenvalue weighted by molar-refractivity contribution is 5.69. The van der Waals surface area contributed by atoms with E-state index >= 15 is 0 Å². The lowest BCUT2D eigenvalue weighted by Crippen LogP contribution is -2.66. The van der Waals surface area contributed by atoms with Crippen molar-refractivity contribution in [3.8, 4) is 0 Å². The number of rotatable bonds is 10. The van der Waals surface area contributed by atoms with Gasteiger partial charge < -0.3 is 47.7 Å². The van der Waals surface area contributed by atoms with E-state index in [9.17, 15) is 38.3 Å². The Balaban J connectivity index is 2.60. The number of aliphatic hydroxyl groups is 1. The fraction of sp³-hybridized carbons (Fsp3) is 0.750. The third kappa shape index (κ3) is 9.58. The zero-order valence-corrected chi connectivity index (χ0v) is 23.1. The van der Waals surface area contributed by atoms with Gasteiger partial charge >= 0.3 is 35.8 Å². The molecule has 0 amide bonds. The number of hydrogen-bond donors (Lipinski definition) is 1. The minimum absolute atomic E-state index is 0.595. The average Bonchev–Trinajstić information content (AvgIpc) is 2.83. The second-order valence-electron chi connectivity index (χ2n) is 9.04. The van der Waals surface area contributed by atoms with E-state index in [2.05, 4.69) is 0 Å². The molecule has 17 heteroatoms. The molecule has 2 aliphatic rings. The van der Waals surface area contributed by atoms with Gasteiger partial charge in [0, 0.05) is 41.5 Å². The molecule has 0 spiro atoms. The molecule has 232 valence electrons. The Kier molecular flexibility index (Phi) is 12.4. The van der Waals surface area contributed by atoms with Crippen LogP contribution >= 0.6 is 0 Å². The van der Waals surface area contributed by atoms with Crippen LogP contribution in [0.4, 0.5) is 4.39 Å². The number of aliphatic hydroxyl groups excluding tert-OH is 1. The predicted octanol–water partition coefficient (Wildman–Crippen LogP) is -0.995. The Labute approximate surface area is 233 Å². The van der Waals surface area contributed by atoms with Crippen molar-refractivity contribution in [3.63, 3.8) is 0 Å². The van der Waals surface area contributed by atoms with Crippen molar-refractivity contribution in [3.05, 3.63) is 0 Å². The minimum atomic E-state index is -1.90. The molecule has 2 saturated heterocycles. The number of carbonyl (C=O) groups is 6. The van der Waals surface area contributed by atoms with Gasteiger partial charge in [-0.25, -0.2) is 4.39 Å². The van der Waals surface area contributed by atoms with E-state index in [4.69, 9.17) is 42.6 Å². The smallest absolute Gasteiger partial charge is 0.303 e. The molecule has 0 radical (unpaired) electrons. The van der Waals surface area contributed by atoms with Crippen molar-refractivity contribution in [2.45, 2.75) is 103 Å². The van der Waals surface area contributed by atoms with Crippen LogP contribution in [0.25, 0.3) is 0 Å². The summed E-state index contributed by atoms with van der Waals surface area (Å²) in [7, 11) is 0. The van der Waals surface area contributed by atoms with E-state index < -0.39 is 111 Å². The van der Waals surface area contributed by atoms with Gasteiger partial charge in [-0.05, 0) is 0 Å². The lowest BCUT2D eigenvalue weighted by Gasteiger charge is -2.48. The monoisotopic (exact) mass is 596 g/mol. The molecule has 1 N–H and O–H groups in total. The third-order valence-electron chi connectivity index (χ3n) is 5.60. The van der Waals surface area contributed by atoms with Gasteiger partial charge in [0.25, 0.3) is 0 Å². The average molecular weight is 597 g/mol. The second-order valence-corrected chi connectivity index (χ2v) is 9.04. The summed E-state index contributed by atoms with van der Waals surface area (Å²) in [6.45, 7) is 4.18. The van der Waals surface area contributed by atoms with Crippen molar-refractivity contribution in [2.24, 2.45) is 0 Å². The summed E-state index contributed by atoms with van der Waals surface area (Å²) in [5, 5.41) is 10.5. The third-order valence-corrected chi connectivity index (χ3v) is 5.60. The largest absolute Gasteiger partial charge is 0.463 e. The number of hydrogen-bond acceptors (Lipinski definition) is 16. The normalized spacial score (nSPS) is 33.1. The lowest BCUT2D eigenvalue weighted by molar-refractivity contribution is -0.356. The van der Waals surface area contributed by atoms with Crippen molar-refractivity contribution >= 4 is 35.8 Å². The molecule has 0 aliphatic carbocycles. The Morgan fingerprint density at radius 3 is 1.49 bits per heavy atom. The number of carbonyl (C=O) groups excluding carboxylic acids is 6. The first-order valence-corrected chi connectivity index (χ1v) is 12.3. The van der Waals surface area contributed by atoms with Crippen LogP contribution in [-0.2, 0) is 71.4 Å². The Morgan fingerprint density at radius 2 is 1.02 bits per heavy atom. The molecule has 2 aliphatic heterocycles. The zero-order chi connectivity index (χ0) is 31.0. The number of alkyl halides is 1. The Morgan fingerprint density at radius 1 is 0.585 bits per heavy atom. The lowest BCUT2D eigenvalue weighted by atomic mass is 9.96. The van der Waals surface area contributed by atoms with E-state index in [0.717, 1.165) is 41.5 Å². The molecular formula is C24H33FO16. The predicted molar refractivity (Wildman–Crippen MR) is 125 cm³/mol. The van der Waals surface area contributed by atoms with Crippen molar-refractivity contribution in [1.29, 1.82) is 0 Å². The van der Waals surface area contributed by atoms with E-state index in [1.54, 1.807) is 0 Å². The summed E-state index contributed by atoms with van der Waals surface area (Å²) in [5.41, 5.74) is 0.